The molecule has 0 bridgehead atoms. The summed E-state index contributed by atoms with van der Waals surface area (Å²) in [6.07, 6.45) is 1.33. The maximum atomic E-state index is 12.6. The summed E-state index contributed by atoms with van der Waals surface area (Å²) in [6.45, 7) is 9.12. The van der Waals surface area contributed by atoms with Crippen LogP contribution in [0, 0.1) is 6.92 Å². The van der Waals surface area contributed by atoms with Gasteiger partial charge in [0.15, 0.2) is 17.8 Å². The molecule has 1 saturated heterocycles. The Morgan fingerprint density at radius 1 is 1.24 bits per heavy atom. The smallest absolute Gasteiger partial charge is 0.274 e. The maximum absolute atomic E-state index is 12.6. The molecular weight excluding hydrogens is 316 g/mol. The zero-order valence-corrected chi connectivity index (χ0v) is 15.2. The Balaban J connectivity index is 1.62. The maximum Gasteiger partial charge on any atom is 0.274 e. The number of amides is 1. The van der Waals surface area contributed by atoms with Crippen LogP contribution in [-0.4, -0.2) is 66.5 Å². The Hall–Kier alpha value is -2.18. The average Bonchev–Trinajstić information content (AvgIpc) is 3.07. The second kappa shape index (κ2) is 7.80. The second-order valence-corrected chi connectivity index (χ2v) is 6.87. The van der Waals surface area contributed by atoms with Crippen LogP contribution in [0.3, 0.4) is 0 Å². The minimum absolute atomic E-state index is 0.0541. The van der Waals surface area contributed by atoms with Crippen LogP contribution in [0.2, 0.25) is 0 Å². The van der Waals surface area contributed by atoms with Crippen molar-refractivity contribution in [3.63, 3.8) is 0 Å². The Morgan fingerprint density at radius 2 is 1.92 bits per heavy atom. The number of rotatable bonds is 5. The summed E-state index contributed by atoms with van der Waals surface area (Å²) in [5, 5.41) is 3.05. The number of aromatic nitrogens is 1. The van der Waals surface area contributed by atoms with Crippen molar-refractivity contribution in [2.45, 2.75) is 19.9 Å². The molecule has 3 rings (SSSR count). The summed E-state index contributed by atoms with van der Waals surface area (Å²) < 4.78 is 5.47. The second-order valence-electron chi connectivity index (χ2n) is 6.87. The highest BCUT2D eigenvalue weighted by molar-refractivity contribution is 5.97. The van der Waals surface area contributed by atoms with Gasteiger partial charge in [0.25, 0.3) is 5.91 Å². The van der Waals surface area contributed by atoms with E-state index in [4.69, 9.17) is 4.42 Å². The number of piperazine rings is 1. The largest absolute Gasteiger partial charge is 0.443 e. The molecule has 6 heteroatoms. The molecule has 134 valence electrons. The van der Waals surface area contributed by atoms with Crippen molar-refractivity contribution in [2.24, 2.45) is 0 Å². The highest BCUT2D eigenvalue weighted by Gasteiger charge is 2.21. The molecule has 2 aromatic rings. The van der Waals surface area contributed by atoms with Gasteiger partial charge in [-0.25, -0.2) is 4.98 Å². The lowest BCUT2D eigenvalue weighted by Crippen LogP contribution is -2.49. The minimum atomic E-state index is -0.189. The fourth-order valence-corrected chi connectivity index (χ4v) is 3.07. The molecule has 1 amide bonds. The first kappa shape index (κ1) is 17.6. The van der Waals surface area contributed by atoms with Gasteiger partial charge in [-0.1, -0.05) is 29.8 Å². The van der Waals surface area contributed by atoms with Crippen molar-refractivity contribution < 1.29 is 9.21 Å². The van der Waals surface area contributed by atoms with E-state index in [-0.39, 0.29) is 11.9 Å². The first-order valence-electron chi connectivity index (χ1n) is 8.75. The lowest BCUT2D eigenvalue weighted by molar-refractivity contribution is 0.0910. The molecule has 1 aromatic heterocycles. The van der Waals surface area contributed by atoms with E-state index in [1.807, 2.05) is 38.1 Å². The van der Waals surface area contributed by atoms with E-state index in [9.17, 15) is 4.79 Å². The molecule has 0 saturated carbocycles. The number of carbonyl (C=O) groups is 1. The zero-order chi connectivity index (χ0) is 17.8. The van der Waals surface area contributed by atoms with E-state index in [0.29, 0.717) is 11.5 Å². The van der Waals surface area contributed by atoms with Crippen molar-refractivity contribution >= 4 is 5.91 Å². The first-order valence-corrected chi connectivity index (χ1v) is 8.75. The Bertz CT molecular complexity index is 702. The van der Waals surface area contributed by atoms with Crippen LogP contribution in [0.1, 0.15) is 23.0 Å². The number of aryl methyl sites for hydroxylation is 1. The van der Waals surface area contributed by atoms with Gasteiger partial charge < -0.3 is 14.6 Å². The lowest BCUT2D eigenvalue weighted by Gasteiger charge is -2.33. The molecule has 1 aliphatic rings. The molecule has 1 atom stereocenters. The molecule has 25 heavy (non-hydrogen) atoms. The molecule has 1 aliphatic heterocycles. The molecule has 1 unspecified atom stereocenters. The normalized spacial score (nSPS) is 17.4. The van der Waals surface area contributed by atoms with Gasteiger partial charge in [0.05, 0.1) is 0 Å². The van der Waals surface area contributed by atoms with Crippen LogP contribution in [0.15, 0.2) is 35.1 Å². The van der Waals surface area contributed by atoms with Crippen LogP contribution in [0.25, 0.3) is 11.3 Å². The number of hydrogen-bond donors (Lipinski definition) is 1. The van der Waals surface area contributed by atoms with Crippen LogP contribution in [0.5, 0.6) is 0 Å². The van der Waals surface area contributed by atoms with Gasteiger partial charge >= 0.3 is 0 Å². The Kier molecular flexibility index (Phi) is 5.50. The van der Waals surface area contributed by atoms with Crippen molar-refractivity contribution in [3.8, 4) is 11.3 Å². The lowest BCUT2D eigenvalue weighted by atomic mass is 10.1. The number of nitrogens with one attached hydrogen (secondary N) is 1. The number of hydrogen-bond acceptors (Lipinski definition) is 5. The third-order valence-corrected chi connectivity index (χ3v) is 4.60. The van der Waals surface area contributed by atoms with Gasteiger partial charge in [-0.2, -0.15) is 0 Å². The topological polar surface area (TPSA) is 61.6 Å². The highest BCUT2D eigenvalue weighted by Crippen LogP contribution is 2.23. The van der Waals surface area contributed by atoms with E-state index in [1.165, 1.54) is 6.39 Å². The summed E-state index contributed by atoms with van der Waals surface area (Å²) in [4.78, 5) is 21.4. The highest BCUT2D eigenvalue weighted by atomic mass is 16.3. The van der Waals surface area contributed by atoms with Gasteiger partial charge in [0, 0.05) is 44.3 Å². The van der Waals surface area contributed by atoms with Crippen LogP contribution in [0.4, 0.5) is 0 Å². The third kappa shape index (κ3) is 4.46. The Labute approximate surface area is 148 Å². The molecule has 1 N–H and O–H groups in total. The molecule has 1 aromatic carbocycles. The van der Waals surface area contributed by atoms with Gasteiger partial charge in [-0.15, -0.1) is 0 Å². The fraction of sp³-hybridized carbons (Fsp3) is 0.474. The number of nitrogens with zero attached hydrogens (tertiary/aromatic N) is 3. The van der Waals surface area contributed by atoms with Gasteiger partial charge in [-0.05, 0) is 20.9 Å². The van der Waals surface area contributed by atoms with Gasteiger partial charge in [0.2, 0.25) is 0 Å². The van der Waals surface area contributed by atoms with Gasteiger partial charge in [-0.3, -0.25) is 9.69 Å². The molecule has 6 nitrogen and oxygen atoms in total. The van der Waals surface area contributed by atoms with Crippen molar-refractivity contribution in [2.75, 3.05) is 39.8 Å². The summed E-state index contributed by atoms with van der Waals surface area (Å²) in [7, 11) is 2.14. The monoisotopic (exact) mass is 342 g/mol. The summed E-state index contributed by atoms with van der Waals surface area (Å²) in [5.74, 6) is 0.329. The molecule has 2 heterocycles. The Morgan fingerprint density at radius 3 is 2.60 bits per heavy atom. The number of benzene rings is 1. The minimum Gasteiger partial charge on any atom is -0.443 e. The first-order chi connectivity index (χ1) is 12.0. The number of carbonyl (C=O) groups excluding carboxylic acids is 1. The number of oxazole rings is 1. The van der Waals surface area contributed by atoms with E-state index < -0.39 is 0 Å². The standard InChI is InChI=1S/C19H26N4O2/c1-14-4-6-16(7-5-14)18-17(20-13-25-18)19(24)21-15(2)12-23-10-8-22(3)9-11-23/h4-7,13,15H,8-12H2,1-3H3,(H,21,24). The van der Waals surface area contributed by atoms with E-state index in [1.54, 1.807) is 0 Å². The summed E-state index contributed by atoms with van der Waals surface area (Å²) in [6, 6.07) is 7.93. The van der Waals surface area contributed by atoms with Crippen LogP contribution < -0.4 is 5.32 Å². The zero-order valence-electron chi connectivity index (χ0n) is 15.2. The van der Waals surface area contributed by atoms with E-state index in [0.717, 1.165) is 43.9 Å². The van der Waals surface area contributed by atoms with Crippen molar-refractivity contribution in [1.29, 1.82) is 0 Å². The third-order valence-electron chi connectivity index (χ3n) is 4.60. The van der Waals surface area contributed by atoms with Crippen LogP contribution in [-0.2, 0) is 0 Å². The quantitative estimate of drug-likeness (QED) is 0.901. The predicted octanol–water partition coefficient (Wildman–Crippen LogP) is 2.02. The van der Waals surface area contributed by atoms with Crippen molar-refractivity contribution in [3.05, 3.63) is 41.9 Å². The van der Waals surface area contributed by atoms with E-state index in [2.05, 4.69) is 27.1 Å². The number of likely N-dealkylation sites (N-methyl/N-ethyl adjacent to an activating group) is 1. The van der Waals surface area contributed by atoms with Crippen LogP contribution >= 0.6 is 0 Å². The molecule has 1 fully saturated rings. The molecular formula is C19H26N4O2. The summed E-state index contributed by atoms with van der Waals surface area (Å²) in [5.41, 5.74) is 2.36. The summed E-state index contributed by atoms with van der Waals surface area (Å²) >= 11 is 0. The van der Waals surface area contributed by atoms with Crippen molar-refractivity contribution in [1.82, 2.24) is 20.1 Å². The van der Waals surface area contributed by atoms with Gasteiger partial charge in [0.1, 0.15) is 0 Å². The molecule has 0 spiro atoms. The average molecular weight is 342 g/mol. The predicted molar refractivity (Wildman–Crippen MR) is 97.5 cm³/mol. The fourth-order valence-electron chi connectivity index (χ4n) is 3.07. The molecule has 0 aliphatic carbocycles. The van der Waals surface area contributed by atoms with E-state index >= 15 is 0 Å². The molecule has 0 radical (unpaired) electrons. The SMILES string of the molecule is Cc1ccc(-c2ocnc2C(=O)NC(C)CN2CCN(C)CC2)cc1.